The zero-order chi connectivity index (χ0) is 19.0. The van der Waals surface area contributed by atoms with Crippen molar-refractivity contribution in [3.05, 3.63) is 77.9 Å². The lowest BCUT2D eigenvalue weighted by Crippen LogP contribution is -2.42. The molecule has 3 aromatic carbocycles. The maximum atomic E-state index is 13.0. The number of anilines is 1. The summed E-state index contributed by atoms with van der Waals surface area (Å²) in [4.78, 5) is 40.7. The van der Waals surface area contributed by atoms with Gasteiger partial charge in [-0.2, -0.15) is 0 Å². The van der Waals surface area contributed by atoms with Gasteiger partial charge in [-0.05, 0) is 30.5 Å². The Morgan fingerprint density at radius 2 is 1.44 bits per heavy atom. The third kappa shape index (κ3) is 2.77. The second-order valence-corrected chi connectivity index (χ2v) is 6.38. The number of hydrogen-bond donors (Lipinski definition) is 0. The number of carbonyl (C=O) groups excluding carboxylic acids is 3. The second-order valence-electron chi connectivity index (χ2n) is 6.38. The fourth-order valence-corrected chi connectivity index (χ4v) is 3.53. The predicted octanol–water partition coefficient (Wildman–Crippen LogP) is 3.49. The van der Waals surface area contributed by atoms with Crippen molar-refractivity contribution in [1.29, 1.82) is 0 Å². The number of hydrogen-bond acceptors (Lipinski definition) is 3. The molecule has 4 rings (SSSR count). The Kier molecular flexibility index (Phi) is 4.20. The highest BCUT2D eigenvalue weighted by Gasteiger charge is 2.37. The Balaban J connectivity index is 1.64. The third-order valence-corrected chi connectivity index (χ3v) is 4.85. The first-order valence-electron chi connectivity index (χ1n) is 8.85. The van der Waals surface area contributed by atoms with Gasteiger partial charge in [0, 0.05) is 11.9 Å². The molecule has 0 bridgehead atoms. The fourth-order valence-electron chi connectivity index (χ4n) is 3.53. The molecule has 0 aromatic heterocycles. The van der Waals surface area contributed by atoms with Gasteiger partial charge >= 0.3 is 0 Å². The summed E-state index contributed by atoms with van der Waals surface area (Å²) in [5.41, 5.74) is 1.48. The maximum Gasteiger partial charge on any atom is 0.262 e. The van der Waals surface area contributed by atoms with E-state index < -0.39 is 11.8 Å². The van der Waals surface area contributed by atoms with Gasteiger partial charge in [-0.3, -0.25) is 19.3 Å². The van der Waals surface area contributed by atoms with E-state index in [2.05, 4.69) is 0 Å². The van der Waals surface area contributed by atoms with Crippen LogP contribution in [0.2, 0.25) is 0 Å². The molecule has 0 saturated carbocycles. The summed E-state index contributed by atoms with van der Waals surface area (Å²) in [5.74, 6) is -1.13. The summed E-state index contributed by atoms with van der Waals surface area (Å²) < 4.78 is 0. The number of benzene rings is 3. The SMILES string of the molecule is CCN(C(=O)CN1C(=O)c2ccccc2C1=O)c1cccc2ccccc12. The molecule has 134 valence electrons. The van der Waals surface area contributed by atoms with Crippen molar-refractivity contribution in [2.45, 2.75) is 6.92 Å². The number of likely N-dealkylation sites (N-methyl/N-ethyl adjacent to an activating group) is 1. The van der Waals surface area contributed by atoms with E-state index in [9.17, 15) is 14.4 Å². The Hall–Kier alpha value is -3.47. The van der Waals surface area contributed by atoms with Crippen molar-refractivity contribution < 1.29 is 14.4 Å². The van der Waals surface area contributed by atoms with Crippen LogP contribution < -0.4 is 4.90 Å². The van der Waals surface area contributed by atoms with Crippen LogP contribution in [0.15, 0.2) is 66.7 Å². The molecule has 5 heteroatoms. The smallest absolute Gasteiger partial charge is 0.262 e. The summed E-state index contributed by atoms with van der Waals surface area (Å²) in [5, 5.41) is 1.99. The number of imide groups is 1. The van der Waals surface area contributed by atoms with E-state index in [1.807, 2.05) is 49.4 Å². The normalized spacial score (nSPS) is 13.1. The van der Waals surface area contributed by atoms with Crippen LogP contribution in [0, 0.1) is 0 Å². The van der Waals surface area contributed by atoms with E-state index in [4.69, 9.17) is 0 Å². The minimum atomic E-state index is -0.419. The van der Waals surface area contributed by atoms with Gasteiger partial charge in [-0.25, -0.2) is 0 Å². The zero-order valence-electron chi connectivity index (χ0n) is 14.9. The van der Waals surface area contributed by atoms with Crippen LogP contribution in [-0.4, -0.2) is 35.7 Å². The number of nitrogens with zero attached hydrogens (tertiary/aromatic N) is 2. The summed E-state index contributed by atoms with van der Waals surface area (Å²) in [6.07, 6.45) is 0. The first-order chi connectivity index (χ1) is 13.1. The van der Waals surface area contributed by atoms with E-state index in [1.165, 1.54) is 0 Å². The fraction of sp³-hybridized carbons (Fsp3) is 0.136. The highest BCUT2D eigenvalue weighted by atomic mass is 16.2. The molecule has 0 atom stereocenters. The first-order valence-corrected chi connectivity index (χ1v) is 8.85. The van der Waals surface area contributed by atoms with Crippen LogP contribution in [0.4, 0.5) is 5.69 Å². The molecular formula is C22H18N2O3. The quantitative estimate of drug-likeness (QED) is 0.671. The maximum absolute atomic E-state index is 13.0. The van der Waals surface area contributed by atoms with E-state index in [-0.39, 0.29) is 12.5 Å². The van der Waals surface area contributed by atoms with Crippen molar-refractivity contribution >= 4 is 34.2 Å². The highest BCUT2D eigenvalue weighted by Crippen LogP contribution is 2.28. The topological polar surface area (TPSA) is 57.7 Å². The average Bonchev–Trinajstić information content (AvgIpc) is 2.94. The van der Waals surface area contributed by atoms with Crippen LogP contribution >= 0.6 is 0 Å². The number of rotatable bonds is 4. The minimum absolute atomic E-state index is 0.274. The van der Waals surface area contributed by atoms with Gasteiger partial charge in [0.25, 0.3) is 11.8 Å². The van der Waals surface area contributed by atoms with Crippen molar-refractivity contribution in [2.24, 2.45) is 0 Å². The molecule has 1 aliphatic heterocycles. The Morgan fingerprint density at radius 3 is 2.11 bits per heavy atom. The van der Waals surface area contributed by atoms with Crippen molar-refractivity contribution in [2.75, 3.05) is 18.0 Å². The standard InChI is InChI=1S/C22H18N2O3/c1-2-23(19-13-7-9-15-8-3-4-10-16(15)19)20(25)14-24-21(26)17-11-5-6-12-18(17)22(24)27/h3-13H,2,14H2,1H3. The molecule has 0 aliphatic carbocycles. The van der Waals surface area contributed by atoms with Gasteiger partial charge in [0.1, 0.15) is 6.54 Å². The van der Waals surface area contributed by atoms with Crippen molar-refractivity contribution in [3.63, 3.8) is 0 Å². The van der Waals surface area contributed by atoms with Crippen LogP contribution in [0.5, 0.6) is 0 Å². The zero-order valence-corrected chi connectivity index (χ0v) is 14.9. The first kappa shape index (κ1) is 17.0. The number of fused-ring (bicyclic) bond motifs is 2. The minimum Gasteiger partial charge on any atom is -0.311 e. The van der Waals surface area contributed by atoms with E-state index >= 15 is 0 Å². The van der Waals surface area contributed by atoms with E-state index in [0.29, 0.717) is 17.7 Å². The van der Waals surface area contributed by atoms with E-state index in [0.717, 1.165) is 21.4 Å². The Bertz CT molecular complexity index is 1030. The van der Waals surface area contributed by atoms with Crippen LogP contribution in [0.1, 0.15) is 27.6 Å². The molecule has 3 amide bonds. The predicted molar refractivity (Wildman–Crippen MR) is 104 cm³/mol. The number of amides is 3. The summed E-state index contributed by atoms with van der Waals surface area (Å²) >= 11 is 0. The molecule has 1 aliphatic rings. The molecule has 0 fully saturated rings. The Morgan fingerprint density at radius 1 is 0.852 bits per heavy atom. The lowest BCUT2D eigenvalue weighted by molar-refractivity contribution is -0.118. The van der Waals surface area contributed by atoms with Gasteiger partial charge in [0.15, 0.2) is 0 Å². The average molecular weight is 358 g/mol. The Labute approximate surface area is 156 Å². The second kappa shape index (κ2) is 6.68. The molecule has 0 saturated heterocycles. The largest absolute Gasteiger partial charge is 0.311 e. The van der Waals surface area contributed by atoms with Crippen LogP contribution in [-0.2, 0) is 4.79 Å². The monoisotopic (exact) mass is 358 g/mol. The molecule has 0 spiro atoms. The summed E-state index contributed by atoms with van der Waals surface area (Å²) in [6, 6.07) is 20.2. The molecule has 0 radical (unpaired) electrons. The molecule has 3 aromatic rings. The third-order valence-electron chi connectivity index (χ3n) is 4.85. The van der Waals surface area contributed by atoms with Gasteiger partial charge in [0.2, 0.25) is 5.91 Å². The van der Waals surface area contributed by atoms with Crippen LogP contribution in [0.25, 0.3) is 10.8 Å². The van der Waals surface area contributed by atoms with Gasteiger partial charge in [-0.1, -0.05) is 48.5 Å². The van der Waals surface area contributed by atoms with Gasteiger partial charge < -0.3 is 4.90 Å². The lowest BCUT2D eigenvalue weighted by Gasteiger charge is -2.25. The van der Waals surface area contributed by atoms with E-state index in [1.54, 1.807) is 29.2 Å². The molecular weight excluding hydrogens is 340 g/mol. The molecule has 27 heavy (non-hydrogen) atoms. The van der Waals surface area contributed by atoms with Gasteiger partial charge in [-0.15, -0.1) is 0 Å². The number of carbonyl (C=O) groups is 3. The summed E-state index contributed by atoms with van der Waals surface area (Å²) in [7, 11) is 0. The van der Waals surface area contributed by atoms with Crippen LogP contribution in [0.3, 0.4) is 0 Å². The molecule has 0 N–H and O–H groups in total. The van der Waals surface area contributed by atoms with Crippen molar-refractivity contribution in [3.8, 4) is 0 Å². The van der Waals surface area contributed by atoms with Crippen molar-refractivity contribution in [1.82, 2.24) is 4.90 Å². The lowest BCUT2D eigenvalue weighted by atomic mass is 10.1. The molecule has 5 nitrogen and oxygen atoms in total. The summed E-state index contributed by atoms with van der Waals surface area (Å²) in [6.45, 7) is 2.04. The molecule has 0 unspecified atom stereocenters. The van der Waals surface area contributed by atoms with Gasteiger partial charge in [0.05, 0.1) is 16.8 Å². The highest BCUT2D eigenvalue weighted by molar-refractivity contribution is 6.23. The molecule has 1 heterocycles.